The minimum atomic E-state index is -0.0845. The molecule has 128 valence electrons. The minimum Gasteiger partial charge on any atom is -0.240 e. The molecule has 2 aliphatic rings. The van der Waals surface area contributed by atoms with Crippen LogP contribution < -0.4 is 10.4 Å². The largest absolute Gasteiger partial charge is 0.240 e. The quantitative estimate of drug-likeness (QED) is 0.681. The third kappa shape index (κ3) is 2.11. The van der Waals surface area contributed by atoms with Gasteiger partial charge in [-0.2, -0.15) is 0 Å². The number of rotatable bonds is 1. The van der Waals surface area contributed by atoms with Gasteiger partial charge in [-0.1, -0.05) is 48.0 Å². The van der Waals surface area contributed by atoms with Crippen LogP contribution in [-0.2, 0) is 18.3 Å². The molecule has 0 fully saturated rings. The molecule has 0 N–H and O–H groups in total. The van der Waals surface area contributed by atoms with Gasteiger partial charge in [0.15, 0.2) is 0 Å². The molecule has 5 rings (SSSR count). The van der Waals surface area contributed by atoms with E-state index in [9.17, 15) is 0 Å². The molecule has 1 unspecified atom stereocenters. The average molecular weight is 338 g/mol. The van der Waals surface area contributed by atoms with Crippen LogP contribution in [0.25, 0.3) is 11.6 Å². The SMILES string of the molecule is CC1=c2ccc3c(c2CCC1(C)c1ncccn1)CC=c1ccccc1=3. The number of hydrogen-bond donors (Lipinski definition) is 0. The van der Waals surface area contributed by atoms with E-state index in [0.29, 0.717) is 0 Å². The van der Waals surface area contributed by atoms with E-state index < -0.39 is 0 Å². The fourth-order valence-electron chi connectivity index (χ4n) is 4.67. The molecule has 0 spiro atoms. The molecule has 2 aromatic carbocycles. The van der Waals surface area contributed by atoms with E-state index in [1.54, 1.807) is 0 Å². The first-order valence-electron chi connectivity index (χ1n) is 9.38. The van der Waals surface area contributed by atoms with Crippen molar-refractivity contribution in [2.24, 2.45) is 0 Å². The molecular weight excluding hydrogens is 316 g/mol. The van der Waals surface area contributed by atoms with E-state index in [4.69, 9.17) is 0 Å². The van der Waals surface area contributed by atoms with Crippen molar-refractivity contribution in [3.05, 3.63) is 92.7 Å². The molecule has 1 heterocycles. The molecular formula is C24H22N2. The van der Waals surface area contributed by atoms with Gasteiger partial charge in [0.2, 0.25) is 0 Å². The Labute approximate surface area is 153 Å². The summed E-state index contributed by atoms with van der Waals surface area (Å²) in [5.41, 5.74) is 4.35. The minimum absolute atomic E-state index is 0.0845. The summed E-state index contributed by atoms with van der Waals surface area (Å²) in [6.45, 7) is 4.56. The van der Waals surface area contributed by atoms with Gasteiger partial charge in [-0.3, -0.25) is 0 Å². The van der Waals surface area contributed by atoms with Gasteiger partial charge < -0.3 is 0 Å². The van der Waals surface area contributed by atoms with Crippen LogP contribution in [0.2, 0.25) is 0 Å². The molecule has 26 heavy (non-hydrogen) atoms. The monoisotopic (exact) mass is 338 g/mol. The van der Waals surface area contributed by atoms with Gasteiger partial charge in [0, 0.05) is 17.8 Å². The summed E-state index contributed by atoms with van der Waals surface area (Å²) in [7, 11) is 0. The second-order valence-electron chi connectivity index (χ2n) is 7.64. The first-order chi connectivity index (χ1) is 12.7. The Morgan fingerprint density at radius 2 is 1.62 bits per heavy atom. The van der Waals surface area contributed by atoms with E-state index >= 15 is 0 Å². The van der Waals surface area contributed by atoms with Crippen LogP contribution in [0, 0.1) is 10.4 Å². The number of benzene rings is 2. The summed E-state index contributed by atoms with van der Waals surface area (Å²) in [5, 5.41) is 5.54. The lowest BCUT2D eigenvalue weighted by atomic mass is 9.71. The Bertz CT molecular complexity index is 1230. The van der Waals surface area contributed by atoms with Crippen molar-refractivity contribution in [2.75, 3.05) is 0 Å². The molecule has 0 saturated carbocycles. The van der Waals surface area contributed by atoms with Crippen molar-refractivity contribution >= 4 is 11.6 Å². The van der Waals surface area contributed by atoms with Crippen molar-refractivity contribution in [2.45, 2.75) is 38.5 Å². The van der Waals surface area contributed by atoms with Crippen LogP contribution in [-0.4, -0.2) is 9.97 Å². The van der Waals surface area contributed by atoms with E-state index in [2.05, 4.69) is 66.3 Å². The van der Waals surface area contributed by atoms with Crippen molar-refractivity contribution in [3.63, 3.8) is 0 Å². The lowest BCUT2D eigenvalue weighted by molar-refractivity contribution is 0.503. The third-order valence-corrected chi connectivity index (χ3v) is 6.37. The number of nitrogens with zero attached hydrogens (tertiary/aromatic N) is 2. The number of aromatic nitrogens is 2. The number of hydrogen-bond acceptors (Lipinski definition) is 2. The zero-order chi connectivity index (χ0) is 17.7. The van der Waals surface area contributed by atoms with Crippen LogP contribution in [0.15, 0.2) is 54.9 Å². The van der Waals surface area contributed by atoms with Crippen LogP contribution in [0.1, 0.15) is 37.2 Å². The van der Waals surface area contributed by atoms with Gasteiger partial charge in [-0.25, -0.2) is 9.97 Å². The first kappa shape index (κ1) is 15.5. The first-order valence-corrected chi connectivity index (χ1v) is 9.38. The topological polar surface area (TPSA) is 25.8 Å². The molecule has 1 atom stereocenters. The smallest absolute Gasteiger partial charge is 0.138 e. The fourth-order valence-corrected chi connectivity index (χ4v) is 4.67. The summed E-state index contributed by atoms with van der Waals surface area (Å²) in [4.78, 5) is 9.15. The summed E-state index contributed by atoms with van der Waals surface area (Å²) in [6, 6.07) is 15.3. The maximum absolute atomic E-state index is 4.58. The maximum atomic E-state index is 4.58. The predicted molar refractivity (Wildman–Crippen MR) is 105 cm³/mol. The zero-order valence-electron chi connectivity index (χ0n) is 15.3. The highest BCUT2D eigenvalue weighted by Gasteiger charge is 2.35. The van der Waals surface area contributed by atoms with E-state index in [1.807, 2.05) is 18.5 Å². The van der Waals surface area contributed by atoms with E-state index in [-0.39, 0.29) is 5.41 Å². The molecule has 2 nitrogen and oxygen atoms in total. The van der Waals surface area contributed by atoms with Crippen molar-refractivity contribution < 1.29 is 0 Å². The predicted octanol–water partition coefficient (Wildman–Crippen LogP) is 3.17. The van der Waals surface area contributed by atoms with Crippen LogP contribution >= 0.6 is 0 Å². The fraction of sp³-hybridized carbons (Fsp3) is 0.250. The van der Waals surface area contributed by atoms with Gasteiger partial charge in [0.1, 0.15) is 5.82 Å². The summed E-state index contributed by atoms with van der Waals surface area (Å²) >= 11 is 0. The number of fused-ring (bicyclic) bond motifs is 4. The molecule has 0 aliphatic heterocycles. The van der Waals surface area contributed by atoms with Crippen molar-refractivity contribution in [1.29, 1.82) is 0 Å². The molecule has 0 bridgehead atoms. The average Bonchev–Trinajstić information content (AvgIpc) is 2.71. The van der Waals surface area contributed by atoms with Crippen LogP contribution in [0.5, 0.6) is 0 Å². The Kier molecular flexibility index (Phi) is 3.36. The summed E-state index contributed by atoms with van der Waals surface area (Å²) in [5.74, 6) is 0.942. The summed E-state index contributed by atoms with van der Waals surface area (Å²) in [6.07, 6.45) is 9.27. The third-order valence-electron chi connectivity index (χ3n) is 6.37. The lowest BCUT2D eigenvalue weighted by Crippen LogP contribution is -2.36. The van der Waals surface area contributed by atoms with Crippen LogP contribution in [0.4, 0.5) is 0 Å². The van der Waals surface area contributed by atoms with Gasteiger partial charge in [0.05, 0.1) is 0 Å². The van der Waals surface area contributed by atoms with Gasteiger partial charge in [-0.15, -0.1) is 0 Å². The van der Waals surface area contributed by atoms with Crippen molar-refractivity contribution in [1.82, 2.24) is 9.97 Å². The molecule has 2 aliphatic carbocycles. The molecule has 3 aromatic rings. The highest BCUT2D eigenvalue weighted by atomic mass is 14.9. The molecule has 2 heteroatoms. The second-order valence-corrected chi connectivity index (χ2v) is 7.64. The molecule has 0 saturated heterocycles. The Morgan fingerprint density at radius 3 is 2.46 bits per heavy atom. The Balaban J connectivity index is 1.83. The molecule has 1 aromatic heterocycles. The van der Waals surface area contributed by atoms with Gasteiger partial charge in [-0.05, 0) is 71.2 Å². The lowest BCUT2D eigenvalue weighted by Gasteiger charge is -2.34. The normalized spacial score (nSPS) is 20.6. The van der Waals surface area contributed by atoms with E-state index in [0.717, 1.165) is 25.1 Å². The van der Waals surface area contributed by atoms with Crippen LogP contribution in [0.3, 0.4) is 0 Å². The standard InChI is InChI=1S/C24H22N2/c1-16-18-10-11-20-19-7-4-3-6-17(19)8-9-21(20)22(18)12-13-24(16,2)23-25-14-5-15-26-23/h3-8,10-11,14-15H,9,12-13H2,1-2H3. The van der Waals surface area contributed by atoms with Gasteiger partial charge >= 0.3 is 0 Å². The molecule has 0 amide bonds. The van der Waals surface area contributed by atoms with E-state index in [1.165, 1.54) is 37.6 Å². The molecule has 0 radical (unpaired) electrons. The van der Waals surface area contributed by atoms with Gasteiger partial charge in [0.25, 0.3) is 0 Å². The maximum Gasteiger partial charge on any atom is 0.138 e. The Hall–Kier alpha value is -2.74. The Morgan fingerprint density at radius 1 is 0.846 bits per heavy atom. The highest BCUT2D eigenvalue weighted by molar-refractivity contribution is 5.61. The van der Waals surface area contributed by atoms with Crippen molar-refractivity contribution in [3.8, 4) is 0 Å². The zero-order valence-corrected chi connectivity index (χ0v) is 15.3. The second kappa shape index (κ2) is 5.63. The highest BCUT2D eigenvalue weighted by Crippen LogP contribution is 2.37. The summed E-state index contributed by atoms with van der Waals surface area (Å²) < 4.78 is 0.